The van der Waals surface area contributed by atoms with E-state index in [1.54, 1.807) is 28.2 Å². The van der Waals surface area contributed by atoms with Crippen molar-refractivity contribution in [2.75, 3.05) is 51.6 Å². The molecule has 6 rings (SSSR count). The Kier molecular flexibility index (Phi) is 7.85. The molecular formula is C29H35N7O6. The van der Waals surface area contributed by atoms with Crippen molar-refractivity contribution in [3.05, 3.63) is 64.1 Å². The number of fused-ring (bicyclic) bond motifs is 2. The Hall–Kier alpha value is -4.36. The molecule has 0 spiro atoms. The third kappa shape index (κ3) is 6.11. The van der Waals surface area contributed by atoms with E-state index in [0.29, 0.717) is 56.7 Å². The summed E-state index contributed by atoms with van der Waals surface area (Å²) >= 11 is 0. The highest BCUT2D eigenvalue weighted by atomic mass is 16.7. The Morgan fingerprint density at radius 3 is 2.60 bits per heavy atom. The third-order valence-corrected chi connectivity index (χ3v) is 8.27. The minimum Gasteiger partial charge on any atom is -0.408 e. The minimum absolute atomic E-state index is 0.0243. The topological polar surface area (TPSA) is 143 Å². The van der Waals surface area contributed by atoms with Crippen LogP contribution in [0.15, 0.2) is 51.7 Å². The normalized spacial score (nSPS) is 19.3. The molecule has 1 atom stereocenters. The van der Waals surface area contributed by atoms with Crippen molar-refractivity contribution in [1.82, 2.24) is 30.1 Å². The van der Waals surface area contributed by atoms with Crippen LogP contribution in [-0.2, 0) is 22.6 Å². The Bertz CT molecular complexity index is 1520. The number of para-hydroxylation sites is 1. The number of likely N-dealkylation sites (N-methyl/N-ethyl adjacent to an activating group) is 1. The maximum absolute atomic E-state index is 13.5. The van der Waals surface area contributed by atoms with E-state index < -0.39 is 17.9 Å². The number of hydrogen-bond acceptors (Lipinski definition) is 8. The fourth-order valence-corrected chi connectivity index (χ4v) is 5.85. The maximum atomic E-state index is 13.5. The zero-order valence-electron chi connectivity index (χ0n) is 23.5. The molecule has 3 aromatic rings. The number of nitrogens with zero attached hydrogens (tertiary/aromatic N) is 4. The summed E-state index contributed by atoms with van der Waals surface area (Å²) < 4.78 is 5.18. The molecule has 3 aliphatic rings. The van der Waals surface area contributed by atoms with Crippen molar-refractivity contribution in [1.29, 1.82) is 0 Å². The van der Waals surface area contributed by atoms with Crippen molar-refractivity contribution < 1.29 is 23.6 Å². The summed E-state index contributed by atoms with van der Waals surface area (Å²) in [6.07, 6.45) is 0.793. The number of benzene rings is 2. The summed E-state index contributed by atoms with van der Waals surface area (Å²) in [5, 5.41) is 7.33. The van der Waals surface area contributed by atoms with Gasteiger partial charge in [0, 0.05) is 64.0 Å². The highest BCUT2D eigenvalue weighted by molar-refractivity contribution is 5.92. The number of carbonyl (C=O) groups is 3. The molecular weight excluding hydrogens is 542 g/mol. The molecule has 2 aromatic carbocycles. The molecule has 3 N–H and O–H groups in total. The molecule has 222 valence electrons. The second-order valence-corrected chi connectivity index (χ2v) is 11.1. The Morgan fingerprint density at radius 2 is 1.81 bits per heavy atom. The van der Waals surface area contributed by atoms with Crippen LogP contribution in [0.5, 0.6) is 0 Å². The van der Waals surface area contributed by atoms with Crippen molar-refractivity contribution in [3.63, 3.8) is 0 Å². The van der Waals surface area contributed by atoms with Gasteiger partial charge in [-0.2, -0.15) is 0 Å². The van der Waals surface area contributed by atoms with Crippen molar-refractivity contribution in [3.8, 4) is 0 Å². The quantitative estimate of drug-likeness (QED) is 0.404. The van der Waals surface area contributed by atoms with Gasteiger partial charge in [-0.3, -0.25) is 9.78 Å². The Morgan fingerprint density at radius 1 is 1.05 bits per heavy atom. The lowest BCUT2D eigenvalue weighted by Gasteiger charge is -2.40. The number of nitrogens with one attached hydrogen (secondary N) is 3. The number of hydrogen-bond donors (Lipinski definition) is 3. The number of urea groups is 1. The standard InChI is InChI=1S/C29H35N7O6/c1-33-12-14-34(15-13-33)26(37)24(16-19-6-7-23-25(17-19)41-28(39)31-23)32-29(40)42-35-10-8-21(9-11-35)36-18-20-4-2-3-5-22(20)30-27(36)38/h2-7,17,21,24H,8-16,18H2,1H3,(H,30,38)(H,31,39)(H,32,40). The van der Waals surface area contributed by atoms with Crippen LogP contribution < -0.4 is 16.4 Å². The molecule has 3 aliphatic heterocycles. The highest BCUT2D eigenvalue weighted by Gasteiger charge is 2.34. The number of oxazole rings is 1. The van der Waals surface area contributed by atoms with Gasteiger partial charge < -0.3 is 34.6 Å². The predicted octanol–water partition coefficient (Wildman–Crippen LogP) is 1.96. The average Bonchev–Trinajstić information content (AvgIpc) is 3.36. The smallest absolute Gasteiger partial charge is 0.408 e. The number of rotatable bonds is 6. The summed E-state index contributed by atoms with van der Waals surface area (Å²) in [5.74, 6) is -0.741. The zero-order valence-corrected chi connectivity index (χ0v) is 23.5. The predicted molar refractivity (Wildman–Crippen MR) is 154 cm³/mol. The fraction of sp³-hybridized carbons (Fsp3) is 0.448. The highest BCUT2D eigenvalue weighted by Crippen LogP contribution is 2.27. The number of piperazine rings is 1. The van der Waals surface area contributed by atoms with E-state index in [0.717, 1.165) is 29.9 Å². The van der Waals surface area contributed by atoms with Gasteiger partial charge in [0.25, 0.3) is 0 Å². The number of aromatic amines is 1. The fourth-order valence-electron chi connectivity index (χ4n) is 5.85. The largest absolute Gasteiger partial charge is 0.426 e. The molecule has 2 fully saturated rings. The Labute approximate surface area is 242 Å². The van der Waals surface area contributed by atoms with Crippen molar-refractivity contribution in [2.24, 2.45) is 0 Å². The number of amides is 4. The van der Waals surface area contributed by atoms with Crippen LogP contribution in [0, 0.1) is 0 Å². The molecule has 4 heterocycles. The van der Waals surface area contributed by atoms with Gasteiger partial charge >= 0.3 is 17.9 Å². The van der Waals surface area contributed by atoms with Crippen LogP contribution in [-0.4, -0.2) is 101 Å². The SMILES string of the molecule is CN1CCN(C(=O)C(Cc2ccc3[nH]c(=O)oc3c2)NC(=O)ON2CCC(N3Cc4ccccc4NC3=O)CC2)CC1. The van der Waals surface area contributed by atoms with E-state index in [2.05, 4.69) is 20.5 Å². The number of carbonyl (C=O) groups excluding carboxylic acids is 3. The second-order valence-electron chi connectivity index (χ2n) is 11.1. The molecule has 0 aliphatic carbocycles. The van der Waals surface area contributed by atoms with Gasteiger partial charge in [0.05, 0.1) is 5.52 Å². The van der Waals surface area contributed by atoms with Gasteiger partial charge in [-0.15, -0.1) is 5.06 Å². The van der Waals surface area contributed by atoms with Gasteiger partial charge in [0.15, 0.2) is 5.58 Å². The van der Waals surface area contributed by atoms with Gasteiger partial charge in [-0.05, 0) is 49.2 Å². The minimum atomic E-state index is -0.862. The van der Waals surface area contributed by atoms with Crippen LogP contribution >= 0.6 is 0 Å². The number of anilines is 1. The van der Waals surface area contributed by atoms with Crippen LogP contribution in [0.4, 0.5) is 15.3 Å². The monoisotopic (exact) mass is 577 g/mol. The molecule has 0 radical (unpaired) electrons. The van der Waals surface area contributed by atoms with Crippen LogP contribution in [0.25, 0.3) is 11.1 Å². The van der Waals surface area contributed by atoms with Gasteiger partial charge in [-0.1, -0.05) is 24.3 Å². The lowest BCUT2D eigenvalue weighted by Crippen LogP contribution is -2.56. The number of H-pyrrole nitrogens is 1. The van der Waals surface area contributed by atoms with Crippen molar-refractivity contribution >= 4 is 34.8 Å². The summed E-state index contributed by atoms with van der Waals surface area (Å²) in [6.45, 7) is 4.10. The number of piperidine rings is 1. The van der Waals surface area contributed by atoms with Crippen molar-refractivity contribution in [2.45, 2.75) is 37.9 Å². The summed E-state index contributed by atoms with van der Waals surface area (Å²) in [4.78, 5) is 64.9. The molecule has 4 amide bonds. The molecule has 0 saturated carbocycles. The van der Waals surface area contributed by atoms with Gasteiger partial charge in [0.1, 0.15) is 6.04 Å². The van der Waals surface area contributed by atoms with E-state index in [-0.39, 0.29) is 24.4 Å². The second kappa shape index (κ2) is 11.9. The summed E-state index contributed by atoms with van der Waals surface area (Å²) in [6, 6.07) is 12.0. The van der Waals surface area contributed by atoms with Crippen LogP contribution in [0.3, 0.4) is 0 Å². The van der Waals surface area contributed by atoms with E-state index in [9.17, 15) is 19.2 Å². The first-order valence-electron chi connectivity index (χ1n) is 14.3. The molecule has 2 saturated heterocycles. The van der Waals surface area contributed by atoms with E-state index in [4.69, 9.17) is 9.25 Å². The first-order chi connectivity index (χ1) is 20.3. The van der Waals surface area contributed by atoms with Crippen LogP contribution in [0.2, 0.25) is 0 Å². The molecule has 13 nitrogen and oxygen atoms in total. The number of aromatic nitrogens is 1. The summed E-state index contributed by atoms with van der Waals surface area (Å²) in [5.41, 5.74) is 3.60. The average molecular weight is 578 g/mol. The first-order valence-corrected chi connectivity index (χ1v) is 14.3. The van der Waals surface area contributed by atoms with E-state index in [1.165, 1.54) is 0 Å². The Balaban J connectivity index is 1.07. The number of hydroxylamine groups is 2. The molecule has 1 unspecified atom stereocenters. The molecule has 0 bridgehead atoms. The molecule has 42 heavy (non-hydrogen) atoms. The maximum Gasteiger partial charge on any atom is 0.426 e. The lowest BCUT2D eigenvalue weighted by atomic mass is 10.0. The zero-order chi connectivity index (χ0) is 29.2. The van der Waals surface area contributed by atoms with Gasteiger partial charge in [-0.25, -0.2) is 14.4 Å². The molecule has 1 aromatic heterocycles. The summed E-state index contributed by atoms with van der Waals surface area (Å²) in [7, 11) is 2.01. The molecule has 13 heteroatoms. The van der Waals surface area contributed by atoms with Gasteiger partial charge in [0.2, 0.25) is 5.91 Å². The van der Waals surface area contributed by atoms with E-state index in [1.807, 2.05) is 36.2 Å². The van der Waals surface area contributed by atoms with Crippen LogP contribution in [0.1, 0.15) is 24.0 Å². The lowest BCUT2D eigenvalue weighted by molar-refractivity contribution is -0.137. The first kappa shape index (κ1) is 27.8. The third-order valence-electron chi connectivity index (χ3n) is 8.27. The van der Waals surface area contributed by atoms with E-state index >= 15 is 0 Å².